The number of carbonyl (C=O) groups excluding carboxylic acids is 2. The molecular weight excluding hydrogens is 284 g/mol. The highest BCUT2D eigenvalue weighted by atomic mass is 16.1. The molecule has 0 radical (unpaired) electrons. The summed E-state index contributed by atoms with van der Waals surface area (Å²) in [5.74, 6) is 2.06. The van der Waals surface area contributed by atoms with Gasteiger partial charge in [-0.3, -0.25) is 9.59 Å². The molecule has 2 fully saturated rings. The molecule has 0 aromatic heterocycles. The van der Waals surface area contributed by atoms with Gasteiger partial charge in [-0.1, -0.05) is 25.7 Å². The summed E-state index contributed by atoms with van der Waals surface area (Å²) < 4.78 is 0. The lowest BCUT2D eigenvalue weighted by atomic mass is 9.49. The third-order valence-electron chi connectivity index (χ3n) is 7.20. The molecular formula is C21H24O2. The Balaban J connectivity index is 1.82. The molecule has 5 unspecified atom stereocenters. The van der Waals surface area contributed by atoms with Crippen LogP contribution in [-0.4, -0.2) is 11.6 Å². The lowest BCUT2D eigenvalue weighted by Crippen LogP contribution is -2.49. The van der Waals surface area contributed by atoms with Gasteiger partial charge in [0.05, 0.1) is 0 Å². The van der Waals surface area contributed by atoms with Gasteiger partial charge in [0, 0.05) is 23.7 Å². The summed E-state index contributed by atoms with van der Waals surface area (Å²) >= 11 is 0. The van der Waals surface area contributed by atoms with E-state index in [-0.39, 0.29) is 16.6 Å². The second kappa shape index (κ2) is 4.92. The molecule has 0 spiro atoms. The third kappa shape index (κ3) is 1.88. The van der Waals surface area contributed by atoms with Crippen LogP contribution in [0.15, 0.2) is 42.2 Å². The maximum atomic E-state index is 12.4. The largest absolute Gasteiger partial charge is 0.299 e. The Morgan fingerprint density at radius 3 is 2.83 bits per heavy atom. The second-order valence-electron chi connectivity index (χ2n) is 8.02. The van der Waals surface area contributed by atoms with E-state index in [1.165, 1.54) is 0 Å². The zero-order chi connectivity index (χ0) is 16.2. The van der Waals surface area contributed by atoms with Crippen molar-refractivity contribution in [2.24, 2.45) is 28.6 Å². The Kier molecular flexibility index (Phi) is 3.19. The zero-order valence-corrected chi connectivity index (χ0v) is 13.8. The topological polar surface area (TPSA) is 34.1 Å². The lowest BCUT2D eigenvalue weighted by molar-refractivity contribution is -0.130. The van der Waals surface area contributed by atoms with E-state index in [1.807, 2.05) is 6.08 Å². The molecule has 4 aliphatic carbocycles. The number of ketones is 2. The SMILES string of the molecule is C=C=CC12CCC(=O)C=C1C=CC1C3CCC(=O)C3(C)CCC12. The van der Waals surface area contributed by atoms with Gasteiger partial charge in [-0.05, 0) is 61.2 Å². The van der Waals surface area contributed by atoms with Crippen molar-refractivity contribution in [2.75, 3.05) is 0 Å². The number of hydrogen-bond donors (Lipinski definition) is 0. The quantitative estimate of drug-likeness (QED) is 0.681. The van der Waals surface area contributed by atoms with Crippen molar-refractivity contribution >= 4 is 11.6 Å². The van der Waals surface area contributed by atoms with Gasteiger partial charge in [-0.15, -0.1) is 5.73 Å². The summed E-state index contributed by atoms with van der Waals surface area (Å²) in [6, 6.07) is 0. The maximum absolute atomic E-state index is 12.4. The summed E-state index contributed by atoms with van der Waals surface area (Å²) in [6.07, 6.45) is 13.7. The standard InChI is InChI=1S/C21H24O2/c1-3-10-21-12-8-15(22)13-14(21)4-5-16-17-6-7-19(23)20(17,2)11-9-18(16)21/h4-5,10,13,16-18H,1,6-9,11-12H2,2H3. The highest BCUT2D eigenvalue weighted by Gasteiger charge is 2.58. The molecule has 0 amide bonds. The van der Waals surface area contributed by atoms with Gasteiger partial charge in [0.1, 0.15) is 5.78 Å². The zero-order valence-electron chi connectivity index (χ0n) is 13.8. The van der Waals surface area contributed by atoms with Gasteiger partial charge in [0.25, 0.3) is 0 Å². The molecule has 0 N–H and O–H groups in total. The minimum Gasteiger partial charge on any atom is -0.299 e. The number of fused-ring (bicyclic) bond motifs is 5. The minimum absolute atomic E-state index is 0.0952. The maximum Gasteiger partial charge on any atom is 0.156 e. The smallest absolute Gasteiger partial charge is 0.156 e. The number of hydrogen-bond acceptors (Lipinski definition) is 2. The highest BCUT2D eigenvalue weighted by Crippen LogP contribution is 2.63. The average molecular weight is 308 g/mol. The van der Waals surface area contributed by atoms with E-state index in [0.29, 0.717) is 30.0 Å². The predicted octanol–water partition coefficient (Wildman–Crippen LogP) is 4.18. The van der Waals surface area contributed by atoms with Gasteiger partial charge in [0.15, 0.2) is 5.78 Å². The number of Topliss-reactive ketones (excluding diaryl/α,β-unsaturated/α-hetero) is 1. The minimum atomic E-state index is -0.129. The van der Waals surface area contributed by atoms with Crippen molar-refractivity contribution in [1.82, 2.24) is 0 Å². The lowest BCUT2D eigenvalue weighted by Gasteiger charge is -2.54. The number of allylic oxidation sites excluding steroid dienone is 5. The fourth-order valence-electron chi connectivity index (χ4n) is 5.95. The van der Waals surface area contributed by atoms with E-state index in [1.54, 1.807) is 0 Å². The van der Waals surface area contributed by atoms with E-state index < -0.39 is 0 Å². The van der Waals surface area contributed by atoms with E-state index in [2.05, 4.69) is 37.5 Å². The summed E-state index contributed by atoms with van der Waals surface area (Å²) in [5.41, 5.74) is 3.94. The molecule has 2 nitrogen and oxygen atoms in total. The first-order valence-electron chi connectivity index (χ1n) is 8.85. The molecule has 0 saturated heterocycles. The highest BCUT2D eigenvalue weighted by molar-refractivity contribution is 5.92. The van der Waals surface area contributed by atoms with Crippen molar-refractivity contribution in [3.05, 3.63) is 42.2 Å². The second-order valence-corrected chi connectivity index (χ2v) is 8.02. The average Bonchev–Trinajstić information content (AvgIpc) is 2.84. The molecule has 2 saturated carbocycles. The van der Waals surface area contributed by atoms with Crippen LogP contribution >= 0.6 is 0 Å². The van der Waals surface area contributed by atoms with Crippen LogP contribution in [0.3, 0.4) is 0 Å². The fraction of sp³-hybridized carbons (Fsp3) is 0.571. The van der Waals surface area contributed by atoms with Crippen LogP contribution < -0.4 is 0 Å². The molecule has 4 aliphatic rings. The van der Waals surface area contributed by atoms with Gasteiger partial charge in [-0.2, -0.15) is 0 Å². The Hall–Kier alpha value is -1.66. The number of rotatable bonds is 1. The molecule has 0 heterocycles. The Morgan fingerprint density at radius 2 is 2.04 bits per heavy atom. The van der Waals surface area contributed by atoms with Gasteiger partial charge < -0.3 is 0 Å². The molecule has 23 heavy (non-hydrogen) atoms. The molecule has 2 heteroatoms. The first-order chi connectivity index (χ1) is 11.0. The number of carbonyl (C=O) groups is 2. The summed E-state index contributed by atoms with van der Waals surface area (Å²) in [5, 5.41) is 0. The van der Waals surface area contributed by atoms with Crippen molar-refractivity contribution in [2.45, 2.75) is 45.4 Å². The van der Waals surface area contributed by atoms with Crippen LogP contribution in [0.25, 0.3) is 0 Å². The van der Waals surface area contributed by atoms with E-state index in [9.17, 15) is 9.59 Å². The molecule has 120 valence electrons. The van der Waals surface area contributed by atoms with Crippen molar-refractivity contribution in [3.8, 4) is 0 Å². The molecule has 0 aromatic rings. The van der Waals surface area contributed by atoms with Crippen molar-refractivity contribution < 1.29 is 9.59 Å². The Labute approximate surface area is 138 Å². The molecule has 0 aliphatic heterocycles. The van der Waals surface area contributed by atoms with Crippen molar-refractivity contribution in [1.29, 1.82) is 0 Å². The van der Waals surface area contributed by atoms with Gasteiger partial charge >= 0.3 is 0 Å². The van der Waals surface area contributed by atoms with E-state index >= 15 is 0 Å². The van der Waals surface area contributed by atoms with Crippen LogP contribution in [0.1, 0.15) is 45.4 Å². The summed E-state index contributed by atoms with van der Waals surface area (Å²) in [4.78, 5) is 24.3. The molecule has 4 rings (SSSR count). The fourth-order valence-corrected chi connectivity index (χ4v) is 5.95. The molecule has 0 aromatic carbocycles. The summed E-state index contributed by atoms with van der Waals surface area (Å²) in [6.45, 7) is 6.00. The Morgan fingerprint density at radius 1 is 1.22 bits per heavy atom. The monoisotopic (exact) mass is 308 g/mol. The first kappa shape index (κ1) is 14.9. The van der Waals surface area contributed by atoms with Gasteiger partial charge in [-0.25, -0.2) is 0 Å². The predicted molar refractivity (Wildman–Crippen MR) is 89.7 cm³/mol. The summed E-state index contributed by atoms with van der Waals surface area (Å²) in [7, 11) is 0. The van der Waals surface area contributed by atoms with Gasteiger partial charge in [0.2, 0.25) is 0 Å². The van der Waals surface area contributed by atoms with Crippen LogP contribution in [-0.2, 0) is 9.59 Å². The first-order valence-corrected chi connectivity index (χ1v) is 8.85. The third-order valence-corrected chi connectivity index (χ3v) is 7.20. The normalized spacial score (nSPS) is 44.7. The van der Waals surface area contributed by atoms with E-state index in [4.69, 9.17) is 0 Å². The molecule has 0 bridgehead atoms. The molecule has 5 atom stereocenters. The van der Waals surface area contributed by atoms with Crippen LogP contribution in [0.4, 0.5) is 0 Å². The Bertz CT molecular complexity index is 691. The van der Waals surface area contributed by atoms with Crippen LogP contribution in [0.2, 0.25) is 0 Å². The van der Waals surface area contributed by atoms with Crippen LogP contribution in [0.5, 0.6) is 0 Å². The van der Waals surface area contributed by atoms with Crippen molar-refractivity contribution in [3.63, 3.8) is 0 Å². The van der Waals surface area contributed by atoms with Crippen LogP contribution in [0, 0.1) is 28.6 Å². The van der Waals surface area contributed by atoms with E-state index in [0.717, 1.165) is 37.7 Å².